The molecule has 0 saturated carbocycles. The lowest BCUT2D eigenvalue weighted by atomic mass is 10.1. The Bertz CT molecular complexity index is 300. The highest BCUT2D eigenvalue weighted by molar-refractivity contribution is 5.95. The minimum absolute atomic E-state index is 0.0991. The summed E-state index contributed by atoms with van der Waals surface area (Å²) in [4.78, 5) is 22.0. The summed E-state index contributed by atoms with van der Waals surface area (Å²) in [5, 5.41) is 0. The summed E-state index contributed by atoms with van der Waals surface area (Å²) in [6.07, 6.45) is 10.9. The predicted octanol–water partition coefficient (Wildman–Crippen LogP) is 3.49. The summed E-state index contributed by atoms with van der Waals surface area (Å²) in [6.45, 7) is 6.06. The number of hydrogen-bond donors (Lipinski definition) is 1. The summed E-state index contributed by atoms with van der Waals surface area (Å²) < 4.78 is 5.01. The lowest BCUT2D eigenvalue weighted by Crippen LogP contribution is -2.17. The topological polar surface area (TPSA) is 69.4 Å². The predicted molar refractivity (Wildman–Crippen MR) is 81.1 cm³/mol. The van der Waals surface area contributed by atoms with Crippen LogP contribution in [0.25, 0.3) is 0 Å². The van der Waals surface area contributed by atoms with Crippen LogP contribution in [0, 0.1) is 0 Å². The van der Waals surface area contributed by atoms with Crippen LogP contribution in [-0.2, 0) is 14.3 Å². The summed E-state index contributed by atoms with van der Waals surface area (Å²) >= 11 is 0. The van der Waals surface area contributed by atoms with Crippen LogP contribution in [0.4, 0.5) is 0 Å². The molecule has 0 radical (unpaired) electrons. The molecule has 0 fully saturated rings. The summed E-state index contributed by atoms with van der Waals surface area (Å²) in [7, 11) is 0. The first-order valence-electron chi connectivity index (χ1n) is 7.71. The van der Waals surface area contributed by atoms with E-state index < -0.39 is 11.9 Å². The second-order valence-corrected chi connectivity index (χ2v) is 5.19. The Hall–Kier alpha value is -1.32. The maximum absolute atomic E-state index is 11.3. The first kappa shape index (κ1) is 18.7. The first-order chi connectivity index (χ1) is 9.57. The molecule has 116 valence electrons. The molecule has 0 aliphatic carbocycles. The standard InChI is InChI=1S/C16H29NO3/c1-3-4-5-6-7-8-9-10-11-12-20-15(18)13-14(2)16(17)19/h2-13H2,1H3,(H2,17,19). The normalized spacial score (nSPS) is 10.2. The number of primary amides is 1. The summed E-state index contributed by atoms with van der Waals surface area (Å²) in [5.74, 6) is -1.07. The van der Waals surface area contributed by atoms with Crippen molar-refractivity contribution in [2.45, 2.75) is 71.1 Å². The fraction of sp³-hybridized carbons (Fsp3) is 0.750. The molecule has 0 bridgehead atoms. The van der Waals surface area contributed by atoms with Crippen LogP contribution in [0.1, 0.15) is 71.1 Å². The zero-order chi connectivity index (χ0) is 15.2. The molecule has 0 saturated heterocycles. The Labute approximate surface area is 122 Å². The number of amides is 1. The van der Waals surface area contributed by atoms with Crippen LogP contribution in [-0.4, -0.2) is 18.5 Å². The molecule has 0 aromatic carbocycles. The molecule has 0 heterocycles. The quantitative estimate of drug-likeness (QED) is 0.319. The van der Waals surface area contributed by atoms with Crippen molar-refractivity contribution < 1.29 is 14.3 Å². The third-order valence-corrected chi connectivity index (χ3v) is 3.22. The van der Waals surface area contributed by atoms with Crippen molar-refractivity contribution in [1.82, 2.24) is 0 Å². The van der Waals surface area contributed by atoms with Gasteiger partial charge >= 0.3 is 5.97 Å². The molecule has 0 aromatic rings. The molecule has 4 nitrogen and oxygen atoms in total. The second kappa shape index (κ2) is 12.7. The molecule has 0 spiro atoms. The van der Waals surface area contributed by atoms with Crippen LogP contribution in [0.2, 0.25) is 0 Å². The van der Waals surface area contributed by atoms with E-state index in [0.717, 1.165) is 12.8 Å². The second-order valence-electron chi connectivity index (χ2n) is 5.19. The lowest BCUT2D eigenvalue weighted by Gasteiger charge is -2.05. The third kappa shape index (κ3) is 11.8. The van der Waals surface area contributed by atoms with Gasteiger partial charge in [-0.2, -0.15) is 0 Å². The maximum atomic E-state index is 11.3. The Morgan fingerprint density at radius 2 is 1.45 bits per heavy atom. The number of nitrogens with two attached hydrogens (primary N) is 1. The van der Waals surface area contributed by atoms with E-state index >= 15 is 0 Å². The largest absolute Gasteiger partial charge is 0.465 e. The van der Waals surface area contributed by atoms with Crippen LogP contribution in [0.5, 0.6) is 0 Å². The van der Waals surface area contributed by atoms with E-state index in [1.165, 1.54) is 44.9 Å². The average molecular weight is 283 g/mol. The molecule has 0 atom stereocenters. The van der Waals surface area contributed by atoms with Crippen molar-refractivity contribution in [3.05, 3.63) is 12.2 Å². The van der Waals surface area contributed by atoms with Gasteiger partial charge in [-0.25, -0.2) is 0 Å². The van der Waals surface area contributed by atoms with Crippen LogP contribution < -0.4 is 5.73 Å². The molecule has 0 aliphatic rings. The molecular weight excluding hydrogens is 254 g/mol. The van der Waals surface area contributed by atoms with Crippen LogP contribution in [0.3, 0.4) is 0 Å². The fourth-order valence-corrected chi connectivity index (χ4v) is 1.91. The fourth-order valence-electron chi connectivity index (χ4n) is 1.91. The van der Waals surface area contributed by atoms with Crippen molar-refractivity contribution in [2.24, 2.45) is 5.73 Å². The molecule has 2 N–H and O–H groups in total. The molecule has 4 heteroatoms. The van der Waals surface area contributed by atoms with Gasteiger partial charge in [0.2, 0.25) is 5.91 Å². The number of rotatable bonds is 13. The smallest absolute Gasteiger partial charge is 0.310 e. The van der Waals surface area contributed by atoms with E-state index in [2.05, 4.69) is 13.5 Å². The summed E-state index contributed by atoms with van der Waals surface area (Å²) in [5.41, 5.74) is 5.09. The van der Waals surface area contributed by atoms with Crippen molar-refractivity contribution in [3.63, 3.8) is 0 Å². The van der Waals surface area contributed by atoms with Crippen molar-refractivity contribution in [1.29, 1.82) is 0 Å². The highest BCUT2D eigenvalue weighted by atomic mass is 16.5. The molecule has 0 unspecified atom stereocenters. The number of esters is 1. The SMILES string of the molecule is C=C(CC(=O)OCCCCCCCCCCC)C(N)=O. The molecule has 0 aromatic heterocycles. The van der Waals surface area contributed by atoms with Gasteiger partial charge < -0.3 is 10.5 Å². The van der Waals surface area contributed by atoms with Crippen molar-refractivity contribution in [2.75, 3.05) is 6.61 Å². The van der Waals surface area contributed by atoms with Crippen molar-refractivity contribution >= 4 is 11.9 Å². The number of hydrogen-bond acceptors (Lipinski definition) is 3. The van der Waals surface area contributed by atoms with E-state index in [9.17, 15) is 9.59 Å². The number of carbonyl (C=O) groups is 2. The van der Waals surface area contributed by atoms with E-state index in [4.69, 9.17) is 10.5 Å². The maximum Gasteiger partial charge on any atom is 0.310 e. The highest BCUT2D eigenvalue weighted by Gasteiger charge is 2.09. The van der Waals surface area contributed by atoms with E-state index in [0.29, 0.717) is 6.61 Å². The minimum atomic E-state index is -0.648. The Kier molecular flexibility index (Phi) is 11.9. The molecule has 20 heavy (non-hydrogen) atoms. The van der Waals surface area contributed by atoms with Gasteiger partial charge in [0.1, 0.15) is 0 Å². The monoisotopic (exact) mass is 283 g/mol. The minimum Gasteiger partial charge on any atom is -0.465 e. The average Bonchev–Trinajstić information content (AvgIpc) is 2.40. The van der Waals surface area contributed by atoms with Gasteiger partial charge in [-0.15, -0.1) is 0 Å². The van der Waals surface area contributed by atoms with E-state index in [1.54, 1.807) is 0 Å². The third-order valence-electron chi connectivity index (χ3n) is 3.22. The molecule has 0 aliphatic heterocycles. The van der Waals surface area contributed by atoms with Crippen LogP contribution >= 0.6 is 0 Å². The number of ether oxygens (including phenoxy) is 1. The van der Waals surface area contributed by atoms with E-state index in [1.807, 2.05) is 0 Å². The van der Waals surface area contributed by atoms with Gasteiger partial charge in [0.15, 0.2) is 0 Å². The Morgan fingerprint density at radius 3 is 1.95 bits per heavy atom. The van der Waals surface area contributed by atoms with Crippen molar-refractivity contribution in [3.8, 4) is 0 Å². The first-order valence-corrected chi connectivity index (χ1v) is 7.71. The molecule has 1 amide bonds. The van der Waals surface area contributed by atoms with Gasteiger partial charge in [-0.3, -0.25) is 9.59 Å². The number of unbranched alkanes of at least 4 members (excludes halogenated alkanes) is 8. The highest BCUT2D eigenvalue weighted by Crippen LogP contribution is 2.09. The zero-order valence-electron chi connectivity index (χ0n) is 12.8. The molecule has 0 rings (SSSR count). The Morgan fingerprint density at radius 1 is 0.950 bits per heavy atom. The van der Waals surface area contributed by atoms with Gasteiger partial charge in [-0.1, -0.05) is 64.9 Å². The number of carbonyl (C=O) groups excluding carboxylic acids is 2. The van der Waals surface area contributed by atoms with Gasteiger partial charge in [0.05, 0.1) is 13.0 Å². The lowest BCUT2D eigenvalue weighted by molar-refractivity contribution is -0.143. The van der Waals surface area contributed by atoms with Gasteiger partial charge in [0, 0.05) is 5.57 Å². The van der Waals surface area contributed by atoms with E-state index in [-0.39, 0.29) is 12.0 Å². The van der Waals surface area contributed by atoms with Gasteiger partial charge in [-0.05, 0) is 6.42 Å². The van der Waals surface area contributed by atoms with Gasteiger partial charge in [0.25, 0.3) is 0 Å². The zero-order valence-corrected chi connectivity index (χ0v) is 12.8. The Balaban J connectivity index is 3.29. The summed E-state index contributed by atoms with van der Waals surface area (Å²) in [6, 6.07) is 0. The molecular formula is C16H29NO3. The van der Waals surface area contributed by atoms with Crippen LogP contribution in [0.15, 0.2) is 12.2 Å².